The van der Waals surface area contributed by atoms with Crippen LogP contribution in [0.5, 0.6) is 0 Å². The number of aliphatic hydroxyl groups is 1. The van der Waals surface area contributed by atoms with E-state index in [-0.39, 0.29) is 12.0 Å². The summed E-state index contributed by atoms with van der Waals surface area (Å²) in [5.41, 5.74) is -0.903. The average Bonchev–Trinajstić information content (AvgIpc) is 2.57. The zero-order valence-electron chi connectivity index (χ0n) is 10.4. The van der Waals surface area contributed by atoms with Crippen LogP contribution in [0.25, 0.3) is 0 Å². The topological polar surface area (TPSA) is 72.8 Å². The van der Waals surface area contributed by atoms with Gasteiger partial charge in [-0.3, -0.25) is 9.69 Å². The van der Waals surface area contributed by atoms with E-state index in [0.29, 0.717) is 19.6 Å². The van der Waals surface area contributed by atoms with Crippen molar-refractivity contribution in [2.75, 3.05) is 26.7 Å². The molecule has 0 unspecified atom stereocenters. The minimum absolute atomic E-state index is 0.145. The maximum absolute atomic E-state index is 10.9. The van der Waals surface area contributed by atoms with Gasteiger partial charge in [0.2, 0.25) is 0 Å². The monoisotopic (exact) mass is 242 g/mol. The Morgan fingerprint density at radius 1 is 1.35 bits per heavy atom. The molecule has 3 N–H and O–H groups in total. The van der Waals surface area contributed by atoms with E-state index in [9.17, 15) is 9.90 Å². The number of carboxylic acid groups (broad SMARTS) is 1. The average molecular weight is 242 g/mol. The second-order valence-electron chi connectivity index (χ2n) is 5.69. The van der Waals surface area contributed by atoms with Crippen molar-refractivity contribution >= 4 is 5.97 Å². The fourth-order valence-corrected chi connectivity index (χ4v) is 3.03. The number of aliphatic carboxylic acids is 1. The molecule has 1 heterocycles. The maximum atomic E-state index is 10.9. The van der Waals surface area contributed by atoms with Crippen LogP contribution in [0.1, 0.15) is 32.1 Å². The van der Waals surface area contributed by atoms with Gasteiger partial charge in [-0.25, -0.2) is 0 Å². The van der Waals surface area contributed by atoms with E-state index < -0.39 is 11.6 Å². The molecule has 98 valence electrons. The van der Waals surface area contributed by atoms with Crippen LogP contribution >= 0.6 is 0 Å². The molecule has 0 atom stereocenters. The molecule has 2 aliphatic rings. The number of carbonyl (C=O) groups is 1. The van der Waals surface area contributed by atoms with Crippen LogP contribution < -0.4 is 5.32 Å². The van der Waals surface area contributed by atoms with Gasteiger partial charge in [0, 0.05) is 19.6 Å². The standard InChI is InChI=1S/C12H22N2O3/c1-14(9-12(17)4-2-3-5-12)11(6-10(15)16)7-13-8-11/h13,17H,2-9H2,1H3,(H,15,16). The second kappa shape index (κ2) is 4.55. The second-order valence-corrected chi connectivity index (χ2v) is 5.69. The Kier molecular flexibility index (Phi) is 3.43. The molecule has 0 amide bonds. The van der Waals surface area contributed by atoms with Crippen LogP contribution in [-0.4, -0.2) is 58.9 Å². The van der Waals surface area contributed by atoms with E-state index >= 15 is 0 Å². The van der Waals surface area contributed by atoms with Crippen molar-refractivity contribution < 1.29 is 15.0 Å². The highest BCUT2D eigenvalue weighted by Gasteiger charge is 2.45. The van der Waals surface area contributed by atoms with Crippen LogP contribution in [0.3, 0.4) is 0 Å². The Hall–Kier alpha value is -0.650. The fraction of sp³-hybridized carbons (Fsp3) is 0.917. The third kappa shape index (κ3) is 2.61. The lowest BCUT2D eigenvalue weighted by Crippen LogP contribution is -2.70. The highest BCUT2D eigenvalue weighted by atomic mass is 16.4. The van der Waals surface area contributed by atoms with Crippen molar-refractivity contribution in [3.63, 3.8) is 0 Å². The molecule has 2 fully saturated rings. The molecule has 0 radical (unpaired) electrons. The Morgan fingerprint density at radius 2 is 1.94 bits per heavy atom. The molecule has 0 aromatic carbocycles. The molecule has 5 nitrogen and oxygen atoms in total. The third-order valence-electron chi connectivity index (χ3n) is 4.26. The Morgan fingerprint density at radius 3 is 2.35 bits per heavy atom. The van der Waals surface area contributed by atoms with Gasteiger partial charge in [0.15, 0.2) is 0 Å². The van der Waals surface area contributed by atoms with Crippen molar-refractivity contribution in [3.05, 3.63) is 0 Å². The van der Waals surface area contributed by atoms with E-state index in [1.54, 1.807) is 0 Å². The molecule has 0 bridgehead atoms. The summed E-state index contributed by atoms with van der Waals surface area (Å²) in [6, 6.07) is 0. The van der Waals surface area contributed by atoms with Gasteiger partial charge in [-0.1, -0.05) is 12.8 Å². The van der Waals surface area contributed by atoms with Gasteiger partial charge in [-0.2, -0.15) is 0 Å². The SMILES string of the molecule is CN(CC1(O)CCCC1)C1(CC(=O)O)CNC1. The molecule has 1 aliphatic heterocycles. The van der Waals surface area contributed by atoms with E-state index in [2.05, 4.69) is 5.32 Å². The minimum Gasteiger partial charge on any atom is -0.481 e. The molecule has 1 saturated heterocycles. The number of carboxylic acids is 1. The van der Waals surface area contributed by atoms with Gasteiger partial charge in [0.05, 0.1) is 17.6 Å². The minimum atomic E-state index is -0.767. The Labute approximate surface area is 102 Å². The summed E-state index contributed by atoms with van der Waals surface area (Å²) in [7, 11) is 1.93. The summed E-state index contributed by atoms with van der Waals surface area (Å²) in [6.07, 6.45) is 3.98. The quantitative estimate of drug-likeness (QED) is 0.635. The van der Waals surface area contributed by atoms with Crippen molar-refractivity contribution in [3.8, 4) is 0 Å². The number of rotatable bonds is 5. The summed E-state index contributed by atoms with van der Waals surface area (Å²) >= 11 is 0. The largest absolute Gasteiger partial charge is 0.481 e. The predicted molar refractivity (Wildman–Crippen MR) is 63.9 cm³/mol. The van der Waals surface area contributed by atoms with Crippen LogP contribution in [-0.2, 0) is 4.79 Å². The summed E-state index contributed by atoms with van der Waals surface area (Å²) < 4.78 is 0. The first-order valence-corrected chi connectivity index (χ1v) is 6.32. The predicted octanol–water partition coefficient (Wildman–Crippen LogP) is 0.0400. The smallest absolute Gasteiger partial charge is 0.305 e. The lowest BCUT2D eigenvalue weighted by atomic mass is 9.85. The zero-order valence-corrected chi connectivity index (χ0v) is 10.4. The number of nitrogens with one attached hydrogen (secondary N) is 1. The highest BCUT2D eigenvalue weighted by Crippen LogP contribution is 2.33. The summed E-state index contributed by atoms with van der Waals surface area (Å²) in [5.74, 6) is -0.767. The molecular weight excluding hydrogens is 220 g/mol. The van der Waals surface area contributed by atoms with Crippen LogP contribution in [0.4, 0.5) is 0 Å². The summed E-state index contributed by atoms with van der Waals surface area (Å²) in [4.78, 5) is 13.0. The van der Waals surface area contributed by atoms with Crippen molar-refractivity contribution in [2.45, 2.75) is 43.2 Å². The Balaban J connectivity index is 1.97. The van der Waals surface area contributed by atoms with Crippen LogP contribution in [0.2, 0.25) is 0 Å². The number of nitrogens with zero attached hydrogens (tertiary/aromatic N) is 1. The van der Waals surface area contributed by atoms with E-state index in [1.165, 1.54) is 0 Å². The molecule has 0 aromatic heterocycles. The fourth-order valence-electron chi connectivity index (χ4n) is 3.03. The van der Waals surface area contributed by atoms with Crippen LogP contribution in [0, 0.1) is 0 Å². The molecule has 0 aromatic rings. The molecule has 2 rings (SSSR count). The van der Waals surface area contributed by atoms with E-state index in [0.717, 1.165) is 25.7 Å². The van der Waals surface area contributed by atoms with Crippen molar-refractivity contribution in [2.24, 2.45) is 0 Å². The van der Waals surface area contributed by atoms with Gasteiger partial charge >= 0.3 is 5.97 Å². The first-order valence-electron chi connectivity index (χ1n) is 6.32. The van der Waals surface area contributed by atoms with Crippen LogP contribution in [0.15, 0.2) is 0 Å². The van der Waals surface area contributed by atoms with Crippen molar-refractivity contribution in [1.29, 1.82) is 0 Å². The molecule has 5 heteroatoms. The third-order valence-corrected chi connectivity index (χ3v) is 4.26. The number of likely N-dealkylation sites (N-methyl/N-ethyl adjacent to an activating group) is 1. The zero-order chi connectivity index (χ0) is 12.5. The summed E-state index contributed by atoms with van der Waals surface area (Å²) in [5, 5.41) is 22.5. The van der Waals surface area contributed by atoms with E-state index in [4.69, 9.17) is 5.11 Å². The van der Waals surface area contributed by atoms with E-state index in [1.807, 2.05) is 11.9 Å². The lowest BCUT2D eigenvalue weighted by Gasteiger charge is -2.50. The maximum Gasteiger partial charge on any atom is 0.305 e. The lowest BCUT2D eigenvalue weighted by molar-refractivity contribution is -0.142. The molecule has 1 aliphatic carbocycles. The van der Waals surface area contributed by atoms with Crippen molar-refractivity contribution in [1.82, 2.24) is 10.2 Å². The Bertz CT molecular complexity index is 296. The number of hydrogen-bond acceptors (Lipinski definition) is 4. The van der Waals surface area contributed by atoms with Gasteiger partial charge in [0.1, 0.15) is 0 Å². The molecule has 1 saturated carbocycles. The first kappa shape index (κ1) is 12.8. The molecular formula is C12H22N2O3. The molecule has 0 spiro atoms. The van der Waals surface area contributed by atoms with Gasteiger partial charge in [0.25, 0.3) is 0 Å². The number of hydrogen-bond donors (Lipinski definition) is 3. The number of β-amino-alcohol motifs (C(OH)–C–C–N with tert-alkyl or cyclic N) is 1. The van der Waals surface area contributed by atoms with Gasteiger partial charge < -0.3 is 15.5 Å². The molecule has 17 heavy (non-hydrogen) atoms. The normalized spacial score (nSPS) is 25.8. The van der Waals surface area contributed by atoms with Gasteiger partial charge in [-0.15, -0.1) is 0 Å². The highest BCUT2D eigenvalue weighted by molar-refractivity contribution is 5.68. The van der Waals surface area contributed by atoms with Gasteiger partial charge in [-0.05, 0) is 19.9 Å². The first-order chi connectivity index (χ1) is 7.96. The summed E-state index contributed by atoms with van der Waals surface area (Å²) in [6.45, 7) is 1.99.